The van der Waals surface area contributed by atoms with Crippen LogP contribution >= 0.6 is 12.2 Å². The summed E-state index contributed by atoms with van der Waals surface area (Å²) in [6.07, 6.45) is 2.64. The molecule has 0 spiro atoms. The Morgan fingerprint density at radius 1 is 1.20 bits per heavy atom. The van der Waals surface area contributed by atoms with Gasteiger partial charge in [-0.2, -0.15) is 0 Å². The zero-order valence-electron chi connectivity index (χ0n) is 11.5. The highest BCUT2D eigenvalue weighted by Gasteiger charge is 2.10. The van der Waals surface area contributed by atoms with Gasteiger partial charge in [0.1, 0.15) is 10.5 Å². The summed E-state index contributed by atoms with van der Waals surface area (Å²) in [4.78, 5) is 12.2. The van der Waals surface area contributed by atoms with Gasteiger partial charge in [0.2, 0.25) is 0 Å². The van der Waals surface area contributed by atoms with Crippen LogP contribution in [-0.2, 0) is 6.42 Å². The molecule has 0 amide bonds. The van der Waals surface area contributed by atoms with E-state index >= 15 is 0 Å². The maximum atomic E-state index is 5.37. The Morgan fingerprint density at radius 3 is 2.85 bits per heavy atom. The van der Waals surface area contributed by atoms with Crippen LogP contribution in [-0.4, -0.2) is 15.0 Å². The Kier molecular flexibility index (Phi) is 3.32. The highest BCUT2D eigenvalue weighted by Crippen LogP contribution is 2.28. The number of aryl methyl sites for hydroxylation is 1. The fourth-order valence-corrected chi connectivity index (χ4v) is 2.55. The molecule has 0 atom stereocenters. The highest BCUT2D eigenvalue weighted by molar-refractivity contribution is 7.71. The number of aromatic nitrogens is 3. The van der Waals surface area contributed by atoms with E-state index < -0.39 is 0 Å². The molecule has 20 heavy (non-hydrogen) atoms. The minimum Gasteiger partial charge on any atom is -0.343 e. The molecule has 3 rings (SSSR count). The lowest BCUT2D eigenvalue weighted by molar-refractivity contribution is 0.926. The summed E-state index contributed by atoms with van der Waals surface area (Å²) in [5.41, 5.74) is 4.16. The van der Waals surface area contributed by atoms with Crippen LogP contribution in [0, 0.1) is 11.6 Å². The monoisotopic (exact) mass is 281 g/mol. The lowest BCUT2D eigenvalue weighted by Crippen LogP contribution is -1.99. The lowest BCUT2D eigenvalue weighted by Gasteiger charge is -2.11. The van der Waals surface area contributed by atoms with Gasteiger partial charge in [0.15, 0.2) is 0 Å². The number of nitrogens with zero attached hydrogens (tertiary/aromatic N) is 2. The van der Waals surface area contributed by atoms with Gasteiger partial charge in [0.05, 0.1) is 11.2 Å². The van der Waals surface area contributed by atoms with E-state index in [-0.39, 0.29) is 0 Å². The molecule has 2 aromatic heterocycles. The molecule has 4 heteroatoms. The second kappa shape index (κ2) is 5.13. The maximum Gasteiger partial charge on any atom is 0.133 e. The molecule has 0 radical (unpaired) electrons. The van der Waals surface area contributed by atoms with Crippen LogP contribution in [0.4, 0.5) is 0 Å². The smallest absolute Gasteiger partial charge is 0.133 e. The van der Waals surface area contributed by atoms with Gasteiger partial charge < -0.3 is 4.98 Å². The van der Waals surface area contributed by atoms with Gasteiger partial charge in [-0.1, -0.05) is 37.3 Å². The van der Waals surface area contributed by atoms with Crippen molar-refractivity contribution >= 4 is 23.1 Å². The summed E-state index contributed by atoms with van der Waals surface area (Å²) in [6, 6.07) is 10.2. The van der Waals surface area contributed by atoms with Gasteiger partial charge >= 0.3 is 0 Å². The predicted octanol–water partition coefficient (Wildman–Crippen LogP) is 4.23. The Morgan fingerprint density at radius 2 is 2.05 bits per heavy atom. The van der Waals surface area contributed by atoms with Crippen LogP contribution in [0.1, 0.15) is 18.3 Å². The third-order valence-electron chi connectivity index (χ3n) is 3.45. The Hall–Kier alpha value is -2.07. The number of hydrogen-bond donors (Lipinski definition) is 1. The number of rotatable bonds is 2. The molecule has 2 heterocycles. The van der Waals surface area contributed by atoms with Gasteiger partial charge in [-0.05, 0) is 19.1 Å². The van der Waals surface area contributed by atoms with Crippen LogP contribution in [0.25, 0.3) is 22.2 Å². The second-order valence-corrected chi connectivity index (χ2v) is 5.10. The summed E-state index contributed by atoms with van der Waals surface area (Å²) in [7, 11) is 0. The average Bonchev–Trinajstić information content (AvgIpc) is 2.49. The van der Waals surface area contributed by atoms with Gasteiger partial charge in [-0.15, -0.1) is 0 Å². The largest absolute Gasteiger partial charge is 0.343 e. The van der Waals surface area contributed by atoms with Gasteiger partial charge in [-0.25, -0.2) is 4.98 Å². The molecule has 1 aromatic carbocycles. The van der Waals surface area contributed by atoms with Gasteiger partial charge in [0.25, 0.3) is 0 Å². The van der Waals surface area contributed by atoms with Crippen molar-refractivity contribution in [2.45, 2.75) is 20.3 Å². The lowest BCUT2D eigenvalue weighted by atomic mass is 10.0. The van der Waals surface area contributed by atoms with E-state index in [2.05, 4.69) is 34.0 Å². The number of fused-ring (bicyclic) bond motifs is 1. The van der Waals surface area contributed by atoms with Crippen molar-refractivity contribution in [2.75, 3.05) is 0 Å². The van der Waals surface area contributed by atoms with Crippen LogP contribution in [0.2, 0.25) is 0 Å². The molecule has 0 saturated heterocycles. The molecule has 3 aromatic rings. The highest BCUT2D eigenvalue weighted by atomic mass is 32.1. The fraction of sp³-hybridized carbons (Fsp3) is 0.188. The van der Waals surface area contributed by atoms with Crippen molar-refractivity contribution in [3.05, 3.63) is 52.6 Å². The summed E-state index contributed by atoms with van der Waals surface area (Å²) in [5, 5.41) is 1.12. The number of pyridine rings is 1. The molecule has 0 bridgehead atoms. The maximum absolute atomic E-state index is 5.37. The SMILES string of the molecule is CCc1nc(=S)c(C)c(-c2cccc3ncccc23)[nH]1. The summed E-state index contributed by atoms with van der Waals surface area (Å²) in [6.45, 7) is 4.08. The normalized spacial score (nSPS) is 10.9. The van der Waals surface area contributed by atoms with Crippen LogP contribution in [0.3, 0.4) is 0 Å². The number of hydrogen-bond acceptors (Lipinski definition) is 3. The quantitative estimate of drug-likeness (QED) is 0.715. The molecule has 0 fully saturated rings. The molecule has 0 aliphatic rings. The first-order chi connectivity index (χ1) is 9.70. The molecular formula is C16H15N3S. The molecule has 0 unspecified atom stereocenters. The average molecular weight is 281 g/mol. The minimum absolute atomic E-state index is 0.663. The van der Waals surface area contributed by atoms with Crippen LogP contribution in [0.5, 0.6) is 0 Å². The summed E-state index contributed by atoms with van der Waals surface area (Å²) < 4.78 is 0.663. The number of aromatic amines is 1. The van der Waals surface area contributed by atoms with Crippen molar-refractivity contribution in [1.29, 1.82) is 0 Å². The molecule has 1 N–H and O–H groups in total. The Bertz CT molecular complexity index is 831. The summed E-state index contributed by atoms with van der Waals surface area (Å²) >= 11 is 5.37. The van der Waals surface area contributed by atoms with E-state index in [9.17, 15) is 0 Å². The van der Waals surface area contributed by atoms with Gasteiger partial charge in [0, 0.05) is 29.1 Å². The Balaban J connectivity index is 2.36. The van der Waals surface area contributed by atoms with Crippen LogP contribution in [0.15, 0.2) is 36.5 Å². The van der Waals surface area contributed by atoms with E-state index in [1.54, 1.807) is 0 Å². The van der Waals surface area contributed by atoms with Crippen molar-refractivity contribution in [3.63, 3.8) is 0 Å². The van der Waals surface area contributed by atoms with E-state index in [0.717, 1.165) is 40.0 Å². The standard InChI is InChI=1S/C16H15N3S/c1-3-14-18-15(10(2)16(20)19-14)12-6-4-8-13-11(12)7-5-9-17-13/h4-9H,3H2,1-2H3,(H,18,19,20). The topological polar surface area (TPSA) is 41.6 Å². The second-order valence-electron chi connectivity index (χ2n) is 4.72. The third-order valence-corrected chi connectivity index (χ3v) is 3.85. The first kappa shape index (κ1) is 12.9. The van der Waals surface area contributed by atoms with Crippen molar-refractivity contribution < 1.29 is 0 Å². The summed E-state index contributed by atoms with van der Waals surface area (Å²) in [5.74, 6) is 0.913. The minimum atomic E-state index is 0.663. The van der Waals surface area contributed by atoms with Crippen molar-refractivity contribution in [3.8, 4) is 11.3 Å². The number of nitrogens with one attached hydrogen (secondary N) is 1. The molecule has 0 saturated carbocycles. The van der Waals surface area contributed by atoms with E-state index in [0.29, 0.717) is 4.64 Å². The van der Waals surface area contributed by atoms with Crippen LogP contribution < -0.4 is 0 Å². The van der Waals surface area contributed by atoms with E-state index in [1.165, 1.54) is 0 Å². The zero-order valence-corrected chi connectivity index (χ0v) is 12.3. The van der Waals surface area contributed by atoms with Crippen molar-refractivity contribution in [2.24, 2.45) is 0 Å². The fourth-order valence-electron chi connectivity index (χ4n) is 2.34. The molecule has 0 aliphatic carbocycles. The molecular weight excluding hydrogens is 266 g/mol. The van der Waals surface area contributed by atoms with Gasteiger partial charge in [-0.3, -0.25) is 4.98 Å². The zero-order chi connectivity index (χ0) is 14.1. The number of benzene rings is 1. The molecule has 3 nitrogen and oxygen atoms in total. The van der Waals surface area contributed by atoms with E-state index in [1.807, 2.05) is 31.3 Å². The first-order valence-electron chi connectivity index (χ1n) is 6.64. The Labute approximate surface area is 122 Å². The number of H-pyrrole nitrogens is 1. The molecule has 0 aliphatic heterocycles. The molecule has 100 valence electrons. The van der Waals surface area contributed by atoms with Crippen molar-refractivity contribution in [1.82, 2.24) is 15.0 Å². The predicted molar refractivity (Wildman–Crippen MR) is 84.3 cm³/mol. The third kappa shape index (κ3) is 2.12. The van der Waals surface area contributed by atoms with E-state index in [4.69, 9.17) is 12.2 Å². The first-order valence-corrected chi connectivity index (χ1v) is 7.05.